The lowest BCUT2D eigenvalue weighted by molar-refractivity contribution is 0.122. The van der Waals surface area contributed by atoms with Crippen LogP contribution in [0.2, 0.25) is 0 Å². The maximum absolute atomic E-state index is 5.59. The van der Waals surface area contributed by atoms with E-state index in [1.54, 1.807) is 19.5 Å². The minimum absolute atomic E-state index is 0.679. The van der Waals surface area contributed by atoms with E-state index in [0.29, 0.717) is 13.2 Å². The molecule has 0 saturated carbocycles. The first kappa shape index (κ1) is 21.5. The first-order valence-electron chi connectivity index (χ1n) is 11.6. The van der Waals surface area contributed by atoms with Crippen LogP contribution in [0.5, 0.6) is 5.75 Å². The number of aromatic nitrogens is 7. The maximum atomic E-state index is 5.59. The summed E-state index contributed by atoms with van der Waals surface area (Å²) < 4.78 is 14.9. The minimum Gasteiger partial charge on any atom is -0.496 e. The van der Waals surface area contributed by atoms with E-state index in [2.05, 4.69) is 15.0 Å². The van der Waals surface area contributed by atoms with Crippen LogP contribution in [0.25, 0.3) is 38.9 Å². The largest absolute Gasteiger partial charge is 0.496 e. The summed E-state index contributed by atoms with van der Waals surface area (Å²) in [4.78, 5) is 16.5. The Balaban J connectivity index is 1.58. The van der Waals surface area contributed by atoms with Crippen LogP contribution in [-0.4, -0.2) is 67.9 Å². The van der Waals surface area contributed by atoms with Crippen LogP contribution in [0.1, 0.15) is 11.4 Å². The normalized spacial score (nSPS) is 14.2. The first-order valence-corrected chi connectivity index (χ1v) is 11.6. The van der Waals surface area contributed by atoms with Crippen LogP contribution in [0.15, 0.2) is 36.8 Å². The van der Waals surface area contributed by atoms with E-state index in [-0.39, 0.29) is 0 Å². The number of anilines is 1. The number of pyridine rings is 3. The van der Waals surface area contributed by atoms with E-state index < -0.39 is 0 Å². The van der Waals surface area contributed by atoms with Crippen LogP contribution in [0.3, 0.4) is 0 Å². The average molecular weight is 471 g/mol. The molecule has 1 saturated heterocycles. The van der Waals surface area contributed by atoms with Gasteiger partial charge in [-0.15, -0.1) is 0 Å². The lowest BCUT2D eigenvalue weighted by Crippen LogP contribution is -2.37. The molecule has 6 rings (SSSR count). The molecule has 1 aliphatic rings. The summed E-state index contributed by atoms with van der Waals surface area (Å²) in [7, 11) is 3.61. The Kier molecular flexibility index (Phi) is 5.10. The zero-order valence-electron chi connectivity index (χ0n) is 20.2. The SMILES string of the molecule is COc1ccncc1-c1cc2c(cnn2-c2cc3c(c(C)nn3C)c(N3CCOCC3)n2)c(C)n1. The molecule has 0 aromatic carbocycles. The van der Waals surface area contributed by atoms with Gasteiger partial charge in [0.25, 0.3) is 0 Å². The molecular weight excluding hydrogens is 444 g/mol. The molecule has 0 unspecified atom stereocenters. The third-order valence-corrected chi connectivity index (χ3v) is 6.54. The van der Waals surface area contributed by atoms with Gasteiger partial charge in [-0.05, 0) is 26.0 Å². The fourth-order valence-electron chi connectivity index (χ4n) is 4.80. The number of aryl methyl sites for hydroxylation is 3. The fraction of sp³-hybridized carbons (Fsp3) is 0.320. The monoisotopic (exact) mass is 470 g/mol. The van der Waals surface area contributed by atoms with Crippen molar-refractivity contribution >= 4 is 27.6 Å². The Morgan fingerprint density at radius 1 is 1.00 bits per heavy atom. The van der Waals surface area contributed by atoms with Crippen LogP contribution in [-0.2, 0) is 11.8 Å². The summed E-state index contributed by atoms with van der Waals surface area (Å²) >= 11 is 0. The number of fused-ring (bicyclic) bond motifs is 2. The molecular formula is C25H26N8O2. The van der Waals surface area contributed by atoms with E-state index in [1.807, 2.05) is 54.7 Å². The van der Waals surface area contributed by atoms with E-state index in [9.17, 15) is 0 Å². The summed E-state index contributed by atoms with van der Waals surface area (Å²) in [5.41, 5.74) is 5.36. The molecule has 0 radical (unpaired) electrons. The van der Waals surface area contributed by atoms with Crippen LogP contribution >= 0.6 is 0 Å². The van der Waals surface area contributed by atoms with Crippen molar-refractivity contribution in [3.8, 4) is 22.8 Å². The first-order chi connectivity index (χ1) is 17.0. The zero-order valence-corrected chi connectivity index (χ0v) is 20.2. The molecule has 10 heteroatoms. The van der Waals surface area contributed by atoms with Gasteiger partial charge in [0, 0.05) is 49.7 Å². The van der Waals surface area contributed by atoms with Crippen LogP contribution in [0.4, 0.5) is 5.82 Å². The molecule has 6 heterocycles. The molecule has 1 fully saturated rings. The summed E-state index contributed by atoms with van der Waals surface area (Å²) in [5.74, 6) is 2.36. The maximum Gasteiger partial charge on any atom is 0.158 e. The molecule has 5 aromatic heterocycles. The highest BCUT2D eigenvalue weighted by atomic mass is 16.5. The predicted octanol–water partition coefficient (Wildman–Crippen LogP) is 3.23. The molecule has 0 N–H and O–H groups in total. The van der Waals surface area contributed by atoms with E-state index in [1.165, 1.54) is 0 Å². The second kappa shape index (κ2) is 8.31. The summed E-state index contributed by atoms with van der Waals surface area (Å²) in [6, 6.07) is 5.90. The van der Waals surface area contributed by atoms with Gasteiger partial charge < -0.3 is 14.4 Å². The lowest BCUT2D eigenvalue weighted by Gasteiger charge is -2.28. The molecule has 0 spiro atoms. The van der Waals surface area contributed by atoms with Gasteiger partial charge in [0.1, 0.15) is 11.6 Å². The second-order valence-corrected chi connectivity index (χ2v) is 8.66. The molecule has 35 heavy (non-hydrogen) atoms. The van der Waals surface area contributed by atoms with Crippen molar-refractivity contribution in [2.75, 3.05) is 38.3 Å². The van der Waals surface area contributed by atoms with Crippen molar-refractivity contribution in [1.82, 2.24) is 34.5 Å². The van der Waals surface area contributed by atoms with Crippen molar-refractivity contribution in [2.24, 2.45) is 7.05 Å². The van der Waals surface area contributed by atoms with Gasteiger partial charge >= 0.3 is 0 Å². The van der Waals surface area contributed by atoms with Crippen LogP contribution < -0.4 is 9.64 Å². The lowest BCUT2D eigenvalue weighted by atomic mass is 10.1. The average Bonchev–Trinajstić information content (AvgIpc) is 3.45. The Bertz CT molecular complexity index is 1570. The van der Waals surface area contributed by atoms with Gasteiger partial charge in [-0.1, -0.05) is 0 Å². The van der Waals surface area contributed by atoms with Crippen molar-refractivity contribution in [3.05, 3.63) is 48.2 Å². The van der Waals surface area contributed by atoms with Gasteiger partial charge in [-0.25, -0.2) is 9.67 Å². The van der Waals surface area contributed by atoms with E-state index >= 15 is 0 Å². The second-order valence-electron chi connectivity index (χ2n) is 8.66. The fourth-order valence-corrected chi connectivity index (χ4v) is 4.80. The van der Waals surface area contributed by atoms with Gasteiger partial charge in [-0.3, -0.25) is 14.6 Å². The highest BCUT2D eigenvalue weighted by Gasteiger charge is 2.22. The van der Waals surface area contributed by atoms with Gasteiger partial charge in [-0.2, -0.15) is 10.2 Å². The third-order valence-electron chi connectivity index (χ3n) is 6.54. The number of methoxy groups -OCH3 is 1. The van der Waals surface area contributed by atoms with Crippen molar-refractivity contribution in [2.45, 2.75) is 13.8 Å². The minimum atomic E-state index is 0.679. The van der Waals surface area contributed by atoms with Gasteiger partial charge in [0.2, 0.25) is 0 Å². The van der Waals surface area contributed by atoms with Gasteiger partial charge in [0.15, 0.2) is 5.82 Å². The highest BCUT2D eigenvalue weighted by Crippen LogP contribution is 2.33. The molecule has 1 aliphatic heterocycles. The Hall–Kier alpha value is -4.05. The molecule has 0 bridgehead atoms. The molecule has 0 aliphatic carbocycles. The number of hydrogen-bond acceptors (Lipinski definition) is 8. The summed E-state index contributed by atoms with van der Waals surface area (Å²) in [6.07, 6.45) is 5.32. The highest BCUT2D eigenvalue weighted by molar-refractivity contribution is 5.94. The molecule has 0 amide bonds. The standard InChI is InChI=1S/C25H26N8O2/c1-15-17-14-27-33(20(17)11-19(28-15)18-13-26-6-5-22(18)34-4)23-12-21-24(16(2)30-31(21)3)25(29-23)32-7-9-35-10-8-32/h5-6,11-14H,7-10H2,1-4H3. The Morgan fingerprint density at radius 2 is 1.83 bits per heavy atom. The summed E-state index contributed by atoms with van der Waals surface area (Å²) in [5, 5.41) is 11.4. The number of nitrogens with zero attached hydrogens (tertiary/aromatic N) is 8. The van der Waals surface area contributed by atoms with Gasteiger partial charge in [0.05, 0.1) is 59.9 Å². The zero-order chi connectivity index (χ0) is 24.1. The van der Waals surface area contributed by atoms with Crippen molar-refractivity contribution in [3.63, 3.8) is 0 Å². The van der Waals surface area contributed by atoms with E-state index in [4.69, 9.17) is 24.5 Å². The van der Waals surface area contributed by atoms with Crippen molar-refractivity contribution in [1.29, 1.82) is 0 Å². The Labute approximate surface area is 202 Å². The predicted molar refractivity (Wildman–Crippen MR) is 133 cm³/mol. The number of hydrogen-bond donors (Lipinski definition) is 0. The van der Waals surface area contributed by atoms with Crippen molar-refractivity contribution < 1.29 is 9.47 Å². The summed E-state index contributed by atoms with van der Waals surface area (Å²) in [6.45, 7) is 6.94. The van der Waals surface area contributed by atoms with E-state index in [0.717, 1.165) is 74.9 Å². The molecule has 10 nitrogen and oxygen atoms in total. The quantitative estimate of drug-likeness (QED) is 0.395. The molecule has 0 atom stereocenters. The smallest absolute Gasteiger partial charge is 0.158 e. The topological polar surface area (TPSA) is 96.0 Å². The number of ether oxygens (including phenoxy) is 2. The Morgan fingerprint density at radius 3 is 2.63 bits per heavy atom. The molecule has 178 valence electrons. The molecule has 5 aromatic rings. The number of morpholine rings is 1. The third kappa shape index (κ3) is 3.48. The number of rotatable bonds is 4. The van der Waals surface area contributed by atoms with Crippen LogP contribution in [0, 0.1) is 13.8 Å².